The number of hydrogen-bond donors (Lipinski definition) is 1. The molecule has 96 valence electrons. The first kappa shape index (κ1) is 14.4. The van der Waals surface area contributed by atoms with Gasteiger partial charge in [0.05, 0.1) is 0 Å². The molecule has 1 aliphatic carbocycles. The van der Waals surface area contributed by atoms with Gasteiger partial charge in [0.25, 0.3) is 0 Å². The zero-order chi connectivity index (χ0) is 12.1. The molecular weight excluding hydrogens is 214 g/mol. The predicted octanol–water partition coefficient (Wildman–Crippen LogP) is 3.92. The molecular formula is C14H29NS. The van der Waals surface area contributed by atoms with Gasteiger partial charge in [0.15, 0.2) is 0 Å². The van der Waals surface area contributed by atoms with E-state index in [9.17, 15) is 0 Å². The fourth-order valence-electron chi connectivity index (χ4n) is 2.51. The predicted molar refractivity (Wildman–Crippen MR) is 75.9 cm³/mol. The van der Waals surface area contributed by atoms with Crippen LogP contribution < -0.4 is 5.73 Å². The minimum Gasteiger partial charge on any atom is -0.330 e. The summed E-state index contributed by atoms with van der Waals surface area (Å²) in [7, 11) is 0. The van der Waals surface area contributed by atoms with E-state index in [2.05, 4.69) is 39.5 Å². The lowest BCUT2D eigenvalue weighted by molar-refractivity contribution is 0.283. The summed E-state index contributed by atoms with van der Waals surface area (Å²) in [4.78, 5) is 0. The number of thioether (sulfide) groups is 1. The monoisotopic (exact) mass is 243 g/mol. The quantitative estimate of drug-likeness (QED) is 0.792. The van der Waals surface area contributed by atoms with Crippen LogP contribution in [0.3, 0.4) is 0 Å². The summed E-state index contributed by atoms with van der Waals surface area (Å²) in [6, 6.07) is 0. The molecule has 1 saturated carbocycles. The number of hydrogen-bond acceptors (Lipinski definition) is 2. The van der Waals surface area contributed by atoms with Gasteiger partial charge in [-0.3, -0.25) is 0 Å². The molecule has 0 saturated heterocycles. The Balaban J connectivity index is 2.51. The summed E-state index contributed by atoms with van der Waals surface area (Å²) in [5.74, 6) is 2.51. The lowest BCUT2D eigenvalue weighted by Gasteiger charge is -2.37. The van der Waals surface area contributed by atoms with Crippen molar-refractivity contribution in [2.75, 3.05) is 6.54 Å². The van der Waals surface area contributed by atoms with E-state index < -0.39 is 0 Å². The van der Waals surface area contributed by atoms with Gasteiger partial charge in [0, 0.05) is 10.5 Å². The third-order valence-corrected chi connectivity index (χ3v) is 6.15. The third kappa shape index (κ3) is 3.96. The van der Waals surface area contributed by atoms with Crippen LogP contribution in [0.25, 0.3) is 0 Å². The fourth-order valence-corrected chi connectivity index (χ4v) is 4.23. The molecule has 2 heteroatoms. The molecule has 0 aromatic carbocycles. The van der Waals surface area contributed by atoms with Gasteiger partial charge in [-0.15, -0.1) is 0 Å². The van der Waals surface area contributed by atoms with Crippen molar-refractivity contribution >= 4 is 11.8 Å². The molecule has 1 aliphatic rings. The van der Waals surface area contributed by atoms with Gasteiger partial charge in [0.2, 0.25) is 0 Å². The Bertz CT molecular complexity index is 193. The molecule has 2 N–H and O–H groups in total. The van der Waals surface area contributed by atoms with Gasteiger partial charge in [-0.05, 0) is 37.1 Å². The molecule has 0 amide bonds. The molecule has 4 unspecified atom stereocenters. The van der Waals surface area contributed by atoms with E-state index in [1.165, 1.54) is 25.7 Å². The van der Waals surface area contributed by atoms with Crippen LogP contribution in [0.15, 0.2) is 0 Å². The van der Waals surface area contributed by atoms with E-state index in [4.69, 9.17) is 5.73 Å². The van der Waals surface area contributed by atoms with E-state index in [1.807, 2.05) is 0 Å². The van der Waals surface area contributed by atoms with Crippen molar-refractivity contribution in [3.63, 3.8) is 0 Å². The lowest BCUT2D eigenvalue weighted by Crippen LogP contribution is -2.33. The third-order valence-electron chi connectivity index (χ3n) is 4.25. The summed E-state index contributed by atoms with van der Waals surface area (Å²) in [6.45, 7) is 10.3. The van der Waals surface area contributed by atoms with Crippen molar-refractivity contribution in [1.29, 1.82) is 0 Å². The first-order chi connectivity index (χ1) is 7.58. The van der Waals surface area contributed by atoms with Crippen LogP contribution in [0.5, 0.6) is 0 Å². The van der Waals surface area contributed by atoms with Crippen LogP contribution in [0.1, 0.15) is 53.4 Å². The fraction of sp³-hybridized carbons (Fsp3) is 1.00. The largest absolute Gasteiger partial charge is 0.330 e. The first-order valence-corrected chi connectivity index (χ1v) is 7.88. The minimum absolute atomic E-state index is 0.772. The Morgan fingerprint density at radius 1 is 1.25 bits per heavy atom. The molecule has 1 rings (SSSR count). The lowest BCUT2D eigenvalue weighted by atomic mass is 9.80. The van der Waals surface area contributed by atoms with E-state index in [0.29, 0.717) is 0 Å². The second kappa shape index (κ2) is 6.90. The highest BCUT2D eigenvalue weighted by Gasteiger charge is 2.30. The highest BCUT2D eigenvalue weighted by Crippen LogP contribution is 2.40. The molecule has 16 heavy (non-hydrogen) atoms. The summed E-state index contributed by atoms with van der Waals surface area (Å²) in [5.41, 5.74) is 5.92. The Hall–Kier alpha value is 0.310. The van der Waals surface area contributed by atoms with Gasteiger partial charge < -0.3 is 5.73 Å². The Labute approximate surface area is 106 Å². The summed E-state index contributed by atoms with van der Waals surface area (Å²) in [6.07, 6.45) is 5.52. The van der Waals surface area contributed by atoms with E-state index in [1.54, 1.807) is 0 Å². The summed E-state index contributed by atoms with van der Waals surface area (Å²) < 4.78 is 0. The topological polar surface area (TPSA) is 26.0 Å². The SMILES string of the molecule is CCC1CCC(CN)C(SC(C)C(C)C)C1. The summed E-state index contributed by atoms with van der Waals surface area (Å²) in [5, 5.41) is 1.59. The molecule has 0 spiro atoms. The smallest absolute Gasteiger partial charge is 0.00927 e. The van der Waals surface area contributed by atoms with Crippen molar-refractivity contribution < 1.29 is 0 Å². The molecule has 0 aromatic rings. The average molecular weight is 243 g/mol. The van der Waals surface area contributed by atoms with Crippen molar-refractivity contribution in [3.05, 3.63) is 0 Å². The molecule has 1 fully saturated rings. The molecule has 0 bridgehead atoms. The van der Waals surface area contributed by atoms with Crippen LogP contribution in [0, 0.1) is 17.8 Å². The van der Waals surface area contributed by atoms with Gasteiger partial charge in [-0.1, -0.05) is 40.5 Å². The van der Waals surface area contributed by atoms with Crippen molar-refractivity contribution in [2.45, 2.75) is 63.9 Å². The van der Waals surface area contributed by atoms with E-state index in [-0.39, 0.29) is 0 Å². The minimum atomic E-state index is 0.772. The first-order valence-electron chi connectivity index (χ1n) is 6.93. The molecule has 0 heterocycles. The Morgan fingerprint density at radius 3 is 2.44 bits per heavy atom. The zero-order valence-electron chi connectivity index (χ0n) is 11.4. The van der Waals surface area contributed by atoms with Gasteiger partial charge in [-0.25, -0.2) is 0 Å². The Kier molecular flexibility index (Phi) is 6.20. The van der Waals surface area contributed by atoms with Crippen molar-refractivity contribution in [1.82, 2.24) is 0 Å². The normalized spacial score (nSPS) is 33.0. The molecule has 4 atom stereocenters. The Morgan fingerprint density at radius 2 is 1.94 bits per heavy atom. The van der Waals surface area contributed by atoms with E-state index >= 15 is 0 Å². The van der Waals surface area contributed by atoms with Crippen molar-refractivity contribution in [2.24, 2.45) is 23.5 Å². The molecule has 1 nitrogen and oxygen atoms in total. The van der Waals surface area contributed by atoms with Gasteiger partial charge in [-0.2, -0.15) is 11.8 Å². The number of nitrogens with two attached hydrogens (primary N) is 1. The standard InChI is InChI=1S/C14H29NS/c1-5-12-6-7-13(9-15)14(8-12)16-11(4)10(2)3/h10-14H,5-9,15H2,1-4H3. The van der Waals surface area contributed by atoms with Crippen LogP contribution in [-0.4, -0.2) is 17.0 Å². The molecule has 0 radical (unpaired) electrons. The van der Waals surface area contributed by atoms with Crippen LogP contribution >= 0.6 is 11.8 Å². The second-order valence-corrected chi connectivity index (χ2v) is 7.33. The van der Waals surface area contributed by atoms with Crippen LogP contribution in [0.2, 0.25) is 0 Å². The highest BCUT2D eigenvalue weighted by molar-refractivity contribution is 8.00. The van der Waals surface area contributed by atoms with Gasteiger partial charge in [0.1, 0.15) is 0 Å². The average Bonchev–Trinajstić information content (AvgIpc) is 2.28. The van der Waals surface area contributed by atoms with Gasteiger partial charge >= 0.3 is 0 Å². The van der Waals surface area contributed by atoms with Crippen LogP contribution in [0.4, 0.5) is 0 Å². The molecule has 0 aliphatic heterocycles. The molecule has 0 aromatic heterocycles. The highest BCUT2D eigenvalue weighted by atomic mass is 32.2. The van der Waals surface area contributed by atoms with E-state index in [0.717, 1.165) is 34.8 Å². The maximum atomic E-state index is 5.92. The van der Waals surface area contributed by atoms with Crippen molar-refractivity contribution in [3.8, 4) is 0 Å². The second-order valence-electron chi connectivity index (χ2n) is 5.71. The number of rotatable bonds is 5. The summed E-state index contributed by atoms with van der Waals surface area (Å²) >= 11 is 2.20. The maximum Gasteiger partial charge on any atom is 0.00927 e. The zero-order valence-corrected chi connectivity index (χ0v) is 12.2. The van der Waals surface area contributed by atoms with Crippen LogP contribution in [-0.2, 0) is 0 Å². The maximum absolute atomic E-state index is 5.92.